The average Bonchev–Trinajstić information content (AvgIpc) is 2.45. The Kier molecular flexibility index (Phi) is 5.30. The number of rotatable bonds is 2. The maximum atomic E-state index is 12.7. The number of hydrogen-bond donors (Lipinski definition) is 1. The molecule has 0 saturated carbocycles. The largest absolute Gasteiger partial charge is 0.442 e. The lowest BCUT2D eigenvalue weighted by molar-refractivity contribution is -0.0360. The van der Waals surface area contributed by atoms with Crippen LogP contribution in [0.5, 0.6) is 0 Å². The fourth-order valence-corrected chi connectivity index (χ4v) is 2.60. The standard InChI is InChI=1S/C18H24BrN3O3/c1-17(2,3)24-16(23)22(25-18(4,5)6)15-12-7-8-13(20)14(19)11(12)9-10-21-15/h7-10H,20H2,1-6H3. The molecule has 0 fully saturated rings. The first kappa shape index (κ1) is 19.5. The Morgan fingerprint density at radius 3 is 2.28 bits per heavy atom. The molecular weight excluding hydrogens is 386 g/mol. The van der Waals surface area contributed by atoms with Crippen LogP contribution in [0.3, 0.4) is 0 Å². The molecule has 6 nitrogen and oxygen atoms in total. The Balaban J connectivity index is 2.60. The van der Waals surface area contributed by atoms with Gasteiger partial charge in [-0.1, -0.05) is 0 Å². The summed E-state index contributed by atoms with van der Waals surface area (Å²) in [6.45, 7) is 11.0. The maximum Gasteiger partial charge on any atom is 0.440 e. The number of pyridine rings is 1. The molecule has 0 unspecified atom stereocenters. The molecule has 2 N–H and O–H groups in total. The van der Waals surface area contributed by atoms with Crippen LogP contribution in [0.4, 0.5) is 16.3 Å². The molecule has 2 rings (SSSR count). The van der Waals surface area contributed by atoms with E-state index in [1.54, 1.807) is 39.1 Å². The lowest BCUT2D eigenvalue weighted by Crippen LogP contribution is -2.42. The third-order valence-electron chi connectivity index (χ3n) is 3.01. The van der Waals surface area contributed by atoms with Crippen molar-refractivity contribution in [2.24, 2.45) is 0 Å². The zero-order chi connectivity index (χ0) is 19.0. The van der Waals surface area contributed by atoms with E-state index in [0.29, 0.717) is 11.5 Å². The van der Waals surface area contributed by atoms with Gasteiger partial charge in [0.1, 0.15) is 5.60 Å². The molecule has 7 heteroatoms. The number of benzene rings is 1. The fourth-order valence-electron chi connectivity index (χ4n) is 2.13. The number of hydroxylamine groups is 1. The summed E-state index contributed by atoms with van der Waals surface area (Å²) in [5.41, 5.74) is 5.28. The molecule has 0 saturated heterocycles. The zero-order valence-electron chi connectivity index (χ0n) is 15.4. The number of halogens is 1. The average molecular weight is 410 g/mol. The molecule has 0 atom stereocenters. The molecule has 2 aromatic rings. The van der Waals surface area contributed by atoms with Crippen LogP contribution in [0.1, 0.15) is 41.5 Å². The lowest BCUT2D eigenvalue weighted by Gasteiger charge is -2.31. The molecule has 136 valence electrons. The number of ether oxygens (including phenoxy) is 1. The topological polar surface area (TPSA) is 77.7 Å². The van der Waals surface area contributed by atoms with Crippen LogP contribution >= 0.6 is 15.9 Å². The predicted molar refractivity (Wildman–Crippen MR) is 103 cm³/mol. The van der Waals surface area contributed by atoms with Crippen molar-refractivity contribution in [1.29, 1.82) is 0 Å². The summed E-state index contributed by atoms with van der Waals surface area (Å²) in [4.78, 5) is 22.9. The number of amides is 1. The number of carbonyl (C=O) groups excluding carboxylic acids is 1. The molecule has 0 spiro atoms. The van der Waals surface area contributed by atoms with Gasteiger partial charge in [-0.25, -0.2) is 9.78 Å². The molecule has 0 bridgehead atoms. The van der Waals surface area contributed by atoms with Crippen molar-refractivity contribution in [2.75, 3.05) is 10.8 Å². The van der Waals surface area contributed by atoms with E-state index in [2.05, 4.69) is 20.9 Å². The van der Waals surface area contributed by atoms with E-state index in [0.717, 1.165) is 20.3 Å². The number of anilines is 2. The third-order valence-corrected chi connectivity index (χ3v) is 3.89. The van der Waals surface area contributed by atoms with E-state index >= 15 is 0 Å². The van der Waals surface area contributed by atoms with Gasteiger partial charge < -0.3 is 10.5 Å². The minimum atomic E-state index is -0.661. The molecule has 1 aromatic carbocycles. The highest BCUT2D eigenvalue weighted by Crippen LogP contribution is 2.35. The van der Waals surface area contributed by atoms with Crippen LogP contribution in [-0.4, -0.2) is 22.3 Å². The molecule has 1 heterocycles. The Morgan fingerprint density at radius 1 is 1.08 bits per heavy atom. The summed E-state index contributed by atoms with van der Waals surface area (Å²) < 4.78 is 6.23. The highest BCUT2D eigenvalue weighted by molar-refractivity contribution is 9.10. The van der Waals surface area contributed by atoms with Gasteiger partial charge >= 0.3 is 6.09 Å². The molecular formula is C18H24BrN3O3. The van der Waals surface area contributed by atoms with Crippen molar-refractivity contribution in [2.45, 2.75) is 52.7 Å². The van der Waals surface area contributed by atoms with Crippen LogP contribution in [0.2, 0.25) is 0 Å². The Morgan fingerprint density at radius 2 is 1.72 bits per heavy atom. The number of fused-ring (bicyclic) bond motifs is 1. The molecule has 0 aliphatic carbocycles. The Labute approximate surface area is 156 Å². The summed E-state index contributed by atoms with van der Waals surface area (Å²) in [7, 11) is 0. The van der Waals surface area contributed by atoms with Crippen molar-refractivity contribution in [1.82, 2.24) is 4.98 Å². The van der Waals surface area contributed by atoms with E-state index in [4.69, 9.17) is 15.3 Å². The second-order valence-corrected chi connectivity index (χ2v) is 8.47. The zero-order valence-corrected chi connectivity index (χ0v) is 17.0. The van der Waals surface area contributed by atoms with Gasteiger partial charge in [-0.3, -0.25) is 4.84 Å². The minimum Gasteiger partial charge on any atom is -0.442 e. The normalized spacial score (nSPS) is 12.3. The van der Waals surface area contributed by atoms with Gasteiger partial charge in [-0.05, 0) is 75.7 Å². The SMILES string of the molecule is CC(C)(C)OC(=O)N(OC(C)(C)C)c1nccc2c(Br)c(N)ccc12. The number of nitrogens with zero attached hydrogens (tertiary/aromatic N) is 2. The summed E-state index contributed by atoms with van der Waals surface area (Å²) in [6.07, 6.45) is 0.973. The second-order valence-electron chi connectivity index (χ2n) is 7.68. The number of carbonyl (C=O) groups is 1. The summed E-state index contributed by atoms with van der Waals surface area (Å²) in [6, 6.07) is 5.38. The van der Waals surface area contributed by atoms with Crippen molar-refractivity contribution >= 4 is 44.3 Å². The number of aromatic nitrogens is 1. The summed E-state index contributed by atoms with van der Waals surface area (Å²) >= 11 is 3.48. The van der Waals surface area contributed by atoms with Crippen LogP contribution in [0.25, 0.3) is 10.8 Å². The number of nitrogen functional groups attached to an aromatic ring is 1. The third kappa shape index (κ3) is 4.83. The highest BCUT2D eigenvalue weighted by Gasteiger charge is 2.30. The van der Waals surface area contributed by atoms with Gasteiger partial charge in [0.2, 0.25) is 0 Å². The predicted octanol–water partition coefficient (Wildman–Crippen LogP) is 5.05. The van der Waals surface area contributed by atoms with Crippen LogP contribution in [-0.2, 0) is 9.57 Å². The van der Waals surface area contributed by atoms with Crippen LogP contribution in [0, 0.1) is 0 Å². The molecule has 1 aromatic heterocycles. The van der Waals surface area contributed by atoms with Crippen LogP contribution < -0.4 is 10.8 Å². The van der Waals surface area contributed by atoms with E-state index in [1.165, 1.54) is 0 Å². The van der Waals surface area contributed by atoms with E-state index in [9.17, 15) is 4.79 Å². The quantitative estimate of drug-likeness (QED) is 0.554. The molecule has 0 aliphatic rings. The summed E-state index contributed by atoms with van der Waals surface area (Å²) in [5.74, 6) is 0.349. The molecule has 25 heavy (non-hydrogen) atoms. The molecule has 1 amide bonds. The summed E-state index contributed by atoms with van der Waals surface area (Å²) in [5, 5.41) is 2.66. The van der Waals surface area contributed by atoms with Gasteiger partial charge in [0.15, 0.2) is 5.82 Å². The first-order valence-electron chi connectivity index (χ1n) is 7.94. The van der Waals surface area contributed by atoms with Crippen molar-refractivity contribution in [3.63, 3.8) is 0 Å². The van der Waals surface area contributed by atoms with Gasteiger partial charge in [0, 0.05) is 27.1 Å². The first-order valence-corrected chi connectivity index (χ1v) is 8.73. The van der Waals surface area contributed by atoms with Crippen molar-refractivity contribution in [3.8, 4) is 0 Å². The Hall–Kier alpha value is -1.86. The van der Waals surface area contributed by atoms with E-state index in [1.807, 2.05) is 26.8 Å². The highest BCUT2D eigenvalue weighted by atomic mass is 79.9. The number of hydrogen-bond acceptors (Lipinski definition) is 5. The van der Waals surface area contributed by atoms with Crippen LogP contribution in [0.15, 0.2) is 28.9 Å². The maximum absolute atomic E-state index is 12.7. The van der Waals surface area contributed by atoms with Gasteiger partial charge in [-0.15, -0.1) is 5.06 Å². The van der Waals surface area contributed by atoms with Gasteiger partial charge in [0.05, 0.1) is 5.60 Å². The molecule has 0 aliphatic heterocycles. The first-order chi connectivity index (χ1) is 11.4. The fraction of sp³-hybridized carbons (Fsp3) is 0.444. The molecule has 0 radical (unpaired) electrons. The van der Waals surface area contributed by atoms with Gasteiger partial charge in [0.25, 0.3) is 0 Å². The van der Waals surface area contributed by atoms with Crippen molar-refractivity contribution < 1.29 is 14.4 Å². The van der Waals surface area contributed by atoms with Crippen molar-refractivity contribution in [3.05, 3.63) is 28.9 Å². The smallest absolute Gasteiger partial charge is 0.440 e. The lowest BCUT2D eigenvalue weighted by atomic mass is 10.1. The van der Waals surface area contributed by atoms with Gasteiger partial charge in [-0.2, -0.15) is 0 Å². The Bertz CT molecular complexity index is 794. The second kappa shape index (κ2) is 6.80. The van der Waals surface area contributed by atoms with E-state index < -0.39 is 17.3 Å². The number of nitrogens with two attached hydrogens (primary N) is 1. The monoisotopic (exact) mass is 409 g/mol. The minimum absolute atomic E-state index is 0.349. The van der Waals surface area contributed by atoms with E-state index in [-0.39, 0.29) is 0 Å².